The number of fused-ring (bicyclic) bond motifs is 2. The lowest BCUT2D eigenvalue weighted by Crippen LogP contribution is -2.36. The summed E-state index contributed by atoms with van der Waals surface area (Å²) in [5, 5.41) is 23.8. The number of carboxylic acids is 1. The summed E-state index contributed by atoms with van der Waals surface area (Å²) in [4.78, 5) is 21.3. The first kappa shape index (κ1) is 25.7. The molecule has 0 aliphatic carbocycles. The Kier molecular flexibility index (Phi) is 6.69. The molecule has 0 bridgehead atoms. The van der Waals surface area contributed by atoms with Crippen LogP contribution in [0.3, 0.4) is 0 Å². The zero-order valence-corrected chi connectivity index (χ0v) is 22.9. The Morgan fingerprint density at radius 2 is 1.93 bits per heavy atom. The van der Waals surface area contributed by atoms with Crippen LogP contribution < -0.4 is 4.90 Å². The van der Waals surface area contributed by atoms with Gasteiger partial charge in [-0.3, -0.25) is 9.58 Å². The van der Waals surface area contributed by atoms with Crippen LogP contribution in [0, 0.1) is 11.3 Å². The van der Waals surface area contributed by atoms with Crippen LogP contribution in [0.25, 0.3) is 11.0 Å². The van der Waals surface area contributed by atoms with Crippen molar-refractivity contribution in [3.63, 3.8) is 0 Å². The standard InChI is InChI=1S/C31H33N7O3/c32-17-21-1-2-22-5-12-36(18-24(22)15-21)29-8-13-38(34-29)25-6-10-35(11-7-25)20-30-33-27-4-3-23(31(39)40)16-28(27)37(30)19-26-9-14-41-26/h1-4,8,13,15-16,25-26H,5-7,9-12,14,18-20H2,(H,39,40)/t26-/m0/s1. The molecule has 1 N–H and O–H groups in total. The molecule has 0 radical (unpaired) electrons. The lowest BCUT2D eigenvalue weighted by atomic mass is 9.98. The molecule has 3 aliphatic heterocycles. The second kappa shape index (κ2) is 10.7. The molecule has 2 aromatic carbocycles. The summed E-state index contributed by atoms with van der Waals surface area (Å²) in [5.41, 5.74) is 5.21. The number of carbonyl (C=O) groups is 1. The van der Waals surface area contributed by atoms with Crippen molar-refractivity contribution in [1.82, 2.24) is 24.2 Å². The van der Waals surface area contributed by atoms with E-state index in [1.807, 2.05) is 18.2 Å². The van der Waals surface area contributed by atoms with Crippen LogP contribution >= 0.6 is 0 Å². The highest BCUT2D eigenvalue weighted by molar-refractivity contribution is 5.92. The molecule has 2 fully saturated rings. The molecular formula is C31H33N7O3. The van der Waals surface area contributed by atoms with Crippen LogP contribution in [0.15, 0.2) is 48.7 Å². The van der Waals surface area contributed by atoms with Crippen molar-refractivity contribution >= 4 is 22.8 Å². The number of rotatable bonds is 7. The summed E-state index contributed by atoms with van der Waals surface area (Å²) in [6.07, 6.45) is 6.24. The van der Waals surface area contributed by atoms with Gasteiger partial charge in [0.1, 0.15) is 5.82 Å². The number of nitrogens with zero attached hydrogens (tertiary/aromatic N) is 7. The topological polar surface area (TPSA) is 112 Å². The monoisotopic (exact) mass is 551 g/mol. The van der Waals surface area contributed by atoms with Crippen LogP contribution in [0.4, 0.5) is 5.82 Å². The molecule has 0 amide bonds. The van der Waals surface area contributed by atoms with Crippen LogP contribution in [0.5, 0.6) is 0 Å². The molecule has 0 saturated carbocycles. The number of imidazole rings is 1. The molecular weight excluding hydrogens is 518 g/mol. The Morgan fingerprint density at radius 3 is 2.68 bits per heavy atom. The van der Waals surface area contributed by atoms with Gasteiger partial charge in [-0.15, -0.1) is 0 Å². The first-order valence-electron chi connectivity index (χ1n) is 14.4. The van der Waals surface area contributed by atoms with Crippen LogP contribution in [0.1, 0.15) is 58.2 Å². The highest BCUT2D eigenvalue weighted by Crippen LogP contribution is 2.29. The van der Waals surface area contributed by atoms with Crippen molar-refractivity contribution in [2.45, 2.75) is 57.5 Å². The van der Waals surface area contributed by atoms with Crippen LogP contribution in [-0.2, 0) is 30.8 Å². The lowest BCUT2D eigenvalue weighted by Gasteiger charge is -2.33. The van der Waals surface area contributed by atoms with Crippen molar-refractivity contribution < 1.29 is 14.6 Å². The second-order valence-corrected chi connectivity index (χ2v) is 11.4. The summed E-state index contributed by atoms with van der Waals surface area (Å²) in [6.45, 7) is 5.78. The number of anilines is 1. The lowest BCUT2D eigenvalue weighted by molar-refractivity contribution is -0.0592. The maximum Gasteiger partial charge on any atom is 0.335 e. The highest BCUT2D eigenvalue weighted by atomic mass is 16.5. The van der Waals surface area contributed by atoms with Crippen molar-refractivity contribution in [3.05, 3.63) is 76.7 Å². The number of piperidine rings is 1. The second-order valence-electron chi connectivity index (χ2n) is 11.4. The van der Waals surface area contributed by atoms with Gasteiger partial charge < -0.3 is 19.3 Å². The van der Waals surface area contributed by atoms with Crippen LogP contribution in [0.2, 0.25) is 0 Å². The molecule has 41 heavy (non-hydrogen) atoms. The summed E-state index contributed by atoms with van der Waals surface area (Å²) in [6, 6.07) is 15.9. The van der Waals surface area contributed by atoms with E-state index in [-0.39, 0.29) is 11.7 Å². The van der Waals surface area contributed by atoms with Crippen LogP contribution in [-0.4, -0.2) is 67.7 Å². The smallest absolute Gasteiger partial charge is 0.335 e. The Hall–Kier alpha value is -4.20. The molecule has 5 heterocycles. The minimum Gasteiger partial charge on any atom is -0.478 e. The predicted molar refractivity (Wildman–Crippen MR) is 153 cm³/mol. The van der Waals surface area contributed by atoms with Gasteiger partial charge in [0.05, 0.1) is 53.5 Å². The third-order valence-corrected chi connectivity index (χ3v) is 8.82. The summed E-state index contributed by atoms with van der Waals surface area (Å²) in [5.74, 6) is 1.03. The number of aromatic carboxylic acids is 1. The van der Waals surface area contributed by atoms with Gasteiger partial charge in [-0.1, -0.05) is 6.07 Å². The largest absolute Gasteiger partial charge is 0.478 e. The highest BCUT2D eigenvalue weighted by Gasteiger charge is 2.27. The molecule has 2 saturated heterocycles. The zero-order valence-electron chi connectivity index (χ0n) is 22.9. The van der Waals surface area contributed by atoms with E-state index in [9.17, 15) is 15.2 Å². The summed E-state index contributed by atoms with van der Waals surface area (Å²) >= 11 is 0. The van der Waals surface area contributed by atoms with E-state index in [0.717, 1.165) is 87.7 Å². The van der Waals surface area contributed by atoms with Crippen molar-refractivity contribution in [2.24, 2.45) is 0 Å². The normalized spacial score (nSPS) is 19.6. The Labute approximate surface area is 238 Å². The van der Waals surface area contributed by atoms with E-state index in [4.69, 9.17) is 14.8 Å². The van der Waals surface area contributed by atoms with Gasteiger partial charge in [0.15, 0.2) is 5.82 Å². The molecule has 10 heteroatoms. The van der Waals surface area contributed by atoms with Gasteiger partial charge in [-0.25, -0.2) is 9.78 Å². The maximum atomic E-state index is 11.6. The number of carboxylic acid groups (broad SMARTS) is 1. The summed E-state index contributed by atoms with van der Waals surface area (Å²) in [7, 11) is 0. The number of likely N-dealkylation sites (tertiary alicyclic amines) is 1. The minimum absolute atomic E-state index is 0.154. The number of ether oxygens (including phenoxy) is 1. The fraction of sp³-hybridized carbons (Fsp3) is 0.419. The fourth-order valence-corrected chi connectivity index (χ4v) is 6.33. The van der Waals surface area contributed by atoms with E-state index in [2.05, 4.69) is 43.4 Å². The molecule has 0 spiro atoms. The third-order valence-electron chi connectivity index (χ3n) is 8.82. The van der Waals surface area contributed by atoms with E-state index in [1.165, 1.54) is 11.1 Å². The molecule has 3 aliphatic rings. The van der Waals surface area contributed by atoms with E-state index >= 15 is 0 Å². The van der Waals surface area contributed by atoms with Gasteiger partial charge in [-0.05, 0) is 67.1 Å². The van der Waals surface area contributed by atoms with Gasteiger partial charge in [-0.2, -0.15) is 10.4 Å². The molecule has 0 unspecified atom stereocenters. The van der Waals surface area contributed by atoms with Gasteiger partial charge >= 0.3 is 5.97 Å². The van der Waals surface area contributed by atoms with Crippen molar-refractivity contribution in [1.29, 1.82) is 5.26 Å². The first-order chi connectivity index (χ1) is 20.0. The average molecular weight is 552 g/mol. The quantitative estimate of drug-likeness (QED) is 0.367. The molecule has 4 aromatic rings. The molecule has 210 valence electrons. The molecule has 10 nitrogen and oxygen atoms in total. The average Bonchev–Trinajstić information content (AvgIpc) is 3.59. The van der Waals surface area contributed by atoms with E-state index in [1.54, 1.807) is 12.1 Å². The molecule has 2 aromatic heterocycles. The maximum absolute atomic E-state index is 11.6. The van der Waals surface area contributed by atoms with Crippen molar-refractivity contribution in [2.75, 3.05) is 31.1 Å². The number of aromatic nitrogens is 4. The Balaban J connectivity index is 1.02. The minimum atomic E-state index is -0.928. The first-order valence-corrected chi connectivity index (χ1v) is 14.4. The number of hydrogen-bond donors (Lipinski definition) is 1. The molecule has 7 rings (SSSR count). The number of benzene rings is 2. The SMILES string of the molecule is N#Cc1ccc2c(c1)CN(c1ccn(C3CCN(Cc4nc5ccc(C(=O)O)cc5n4C[C@@H]4CCO4)CC3)n1)CC2. The van der Waals surface area contributed by atoms with Gasteiger partial charge in [0, 0.05) is 45.0 Å². The number of nitriles is 1. The number of hydrogen-bond acceptors (Lipinski definition) is 7. The van der Waals surface area contributed by atoms with E-state index in [0.29, 0.717) is 18.2 Å². The van der Waals surface area contributed by atoms with Gasteiger partial charge in [0.25, 0.3) is 0 Å². The Bertz CT molecular complexity index is 1640. The van der Waals surface area contributed by atoms with E-state index < -0.39 is 5.97 Å². The summed E-state index contributed by atoms with van der Waals surface area (Å²) < 4.78 is 10.00. The third kappa shape index (κ3) is 5.07. The predicted octanol–water partition coefficient (Wildman–Crippen LogP) is 3.99. The molecule has 1 atom stereocenters. The zero-order chi connectivity index (χ0) is 27.9. The van der Waals surface area contributed by atoms with Gasteiger partial charge in [0.2, 0.25) is 0 Å². The van der Waals surface area contributed by atoms with Crippen molar-refractivity contribution in [3.8, 4) is 6.07 Å². The fourth-order valence-electron chi connectivity index (χ4n) is 6.33. The Morgan fingerprint density at radius 1 is 1.07 bits per heavy atom.